The number of rotatable bonds is 1. The number of halogens is 2. The van der Waals surface area contributed by atoms with E-state index in [9.17, 15) is 0 Å². The summed E-state index contributed by atoms with van der Waals surface area (Å²) >= 11 is -1.89. The first-order valence-corrected chi connectivity index (χ1v) is 27.7. The van der Waals surface area contributed by atoms with Crippen molar-refractivity contribution in [2.45, 2.75) is 72.0 Å². The Bertz CT molecular complexity index is 897. The zero-order chi connectivity index (χ0) is 23.8. The van der Waals surface area contributed by atoms with Crippen molar-refractivity contribution in [3.8, 4) is 0 Å². The molecule has 0 saturated carbocycles. The van der Waals surface area contributed by atoms with Gasteiger partial charge in [-0.15, -0.1) is 0 Å². The van der Waals surface area contributed by atoms with E-state index in [1.807, 2.05) is 6.07 Å². The van der Waals surface area contributed by atoms with Crippen LogP contribution in [0.4, 0.5) is 0 Å². The second-order valence-electron chi connectivity index (χ2n) is 10.1. The van der Waals surface area contributed by atoms with Gasteiger partial charge in [0, 0.05) is 0 Å². The Hall–Kier alpha value is -0.0740. The molecule has 4 heteroatoms. The molecule has 0 spiro atoms. The van der Waals surface area contributed by atoms with E-state index in [0.717, 1.165) is 0 Å². The van der Waals surface area contributed by atoms with Crippen molar-refractivity contribution < 1.29 is 16.2 Å². The number of hydrogen-bond acceptors (Lipinski definition) is 0. The standard InChI is InChI=1S/2C10H15.C7H8Ge.2ClH.Zr/c2*1-8-5-6-9(7-8)10(2,3)4;1-8-7-5-3-2-4-6-7;;;/h2*5-7H,1-4H3;2-6H,1H3;2*1H;/q2*-1;;;;+2/p-2. The first-order chi connectivity index (χ1) is 14.2. The Morgan fingerprint density at radius 2 is 1.13 bits per heavy atom. The van der Waals surface area contributed by atoms with Crippen molar-refractivity contribution in [1.29, 1.82) is 0 Å². The van der Waals surface area contributed by atoms with E-state index in [4.69, 9.17) is 17.0 Å². The van der Waals surface area contributed by atoms with Gasteiger partial charge in [-0.25, -0.2) is 12.1 Å². The first-order valence-electron chi connectivity index (χ1n) is 10.8. The quantitative estimate of drug-likeness (QED) is 0.195. The number of hydrogen-bond donors (Lipinski definition) is 0. The fraction of sp³-hybridized carbons (Fsp3) is 0.407. The van der Waals surface area contributed by atoms with Gasteiger partial charge in [-0.05, 0) is 0 Å². The molecular formula is C27H38Cl2GeZr-2. The molecule has 3 rings (SSSR count). The molecular weight excluding hydrogens is 559 g/mol. The molecule has 0 radical (unpaired) electrons. The van der Waals surface area contributed by atoms with Crippen LogP contribution >= 0.6 is 17.0 Å². The summed E-state index contributed by atoms with van der Waals surface area (Å²) in [6.45, 7) is 17.7. The molecule has 0 N–H and O–H groups in total. The summed E-state index contributed by atoms with van der Waals surface area (Å²) in [5, 5.41) is 0. The van der Waals surface area contributed by atoms with Crippen LogP contribution in [-0.4, -0.2) is 9.98 Å². The summed E-state index contributed by atoms with van der Waals surface area (Å²) in [6, 6.07) is 23.7. The summed E-state index contributed by atoms with van der Waals surface area (Å²) < 4.78 is 1.44. The third kappa shape index (κ3) is 11.1. The number of benzene rings is 1. The van der Waals surface area contributed by atoms with Gasteiger partial charge in [0.2, 0.25) is 0 Å². The van der Waals surface area contributed by atoms with E-state index in [2.05, 4.69) is 122 Å². The molecule has 0 aliphatic rings. The zero-order valence-corrected chi connectivity index (χ0v) is 26.7. The van der Waals surface area contributed by atoms with Crippen LogP contribution in [0, 0.1) is 13.8 Å². The molecule has 0 nitrogen and oxygen atoms in total. The van der Waals surface area contributed by atoms with Gasteiger partial charge in [0.25, 0.3) is 0 Å². The van der Waals surface area contributed by atoms with E-state index >= 15 is 0 Å². The molecule has 0 heterocycles. The van der Waals surface area contributed by atoms with E-state index in [1.165, 1.54) is 26.6 Å². The third-order valence-electron chi connectivity index (χ3n) is 5.04. The Balaban J connectivity index is 0.000000233. The molecule has 3 aromatic rings. The molecule has 0 aliphatic carbocycles. The molecule has 0 aromatic heterocycles. The van der Waals surface area contributed by atoms with E-state index in [-0.39, 0.29) is 0 Å². The molecule has 0 atom stereocenters. The van der Waals surface area contributed by atoms with Crippen LogP contribution in [-0.2, 0) is 27.1 Å². The van der Waals surface area contributed by atoms with Crippen LogP contribution < -0.4 is 4.40 Å². The van der Waals surface area contributed by atoms with E-state index < -0.39 is 26.2 Å². The maximum absolute atomic E-state index is 6.00. The van der Waals surface area contributed by atoms with Crippen LogP contribution in [0.15, 0.2) is 66.7 Å². The molecule has 0 saturated heterocycles. The van der Waals surface area contributed by atoms with Crippen LogP contribution in [0.5, 0.6) is 0 Å². The summed E-state index contributed by atoms with van der Waals surface area (Å²) in [5.41, 5.74) is 6.23. The molecule has 31 heavy (non-hydrogen) atoms. The zero-order valence-electron chi connectivity index (χ0n) is 20.6. The van der Waals surface area contributed by atoms with Crippen LogP contribution in [0.25, 0.3) is 0 Å². The normalized spacial score (nSPS) is 11.1. The molecule has 0 unspecified atom stereocenters. The molecule has 0 aliphatic heterocycles. The molecule has 0 amide bonds. The fourth-order valence-corrected chi connectivity index (χ4v) is 16.4. The third-order valence-corrected chi connectivity index (χ3v) is 37.1. The molecule has 3 aromatic carbocycles. The second-order valence-corrected chi connectivity index (χ2v) is 44.5. The van der Waals surface area contributed by atoms with E-state index in [1.54, 1.807) is 0 Å². The molecule has 0 fully saturated rings. The van der Waals surface area contributed by atoms with Crippen molar-refractivity contribution >= 4 is 31.4 Å². The average Bonchev–Trinajstić information content (AvgIpc) is 3.31. The van der Waals surface area contributed by atoms with Gasteiger partial charge in [0.1, 0.15) is 0 Å². The maximum atomic E-state index is 6.00. The van der Waals surface area contributed by atoms with Crippen LogP contribution in [0.2, 0.25) is 5.76 Å². The number of aryl methyl sites for hydroxylation is 2. The van der Waals surface area contributed by atoms with Gasteiger partial charge in [0.05, 0.1) is 0 Å². The van der Waals surface area contributed by atoms with Gasteiger partial charge >= 0.3 is 83.7 Å². The van der Waals surface area contributed by atoms with Crippen LogP contribution in [0.1, 0.15) is 63.8 Å². The Morgan fingerprint density at radius 3 is 1.35 bits per heavy atom. The average molecular weight is 597 g/mol. The monoisotopic (exact) mass is 596 g/mol. The minimum absolute atomic E-state index is 0.314. The Morgan fingerprint density at radius 1 is 0.742 bits per heavy atom. The molecule has 0 bridgehead atoms. The summed E-state index contributed by atoms with van der Waals surface area (Å²) in [7, 11) is 10.8. The van der Waals surface area contributed by atoms with Crippen LogP contribution in [0.3, 0.4) is 0 Å². The topological polar surface area (TPSA) is 0 Å². The van der Waals surface area contributed by atoms with Crippen molar-refractivity contribution in [3.05, 3.63) is 89.0 Å². The predicted molar refractivity (Wildman–Crippen MR) is 140 cm³/mol. The first kappa shape index (κ1) is 29.0. The van der Waals surface area contributed by atoms with Crippen molar-refractivity contribution in [2.75, 3.05) is 0 Å². The van der Waals surface area contributed by atoms with Gasteiger partial charge in [-0.1, -0.05) is 66.2 Å². The second kappa shape index (κ2) is 13.0. The van der Waals surface area contributed by atoms with Gasteiger partial charge < -0.3 is 0 Å². The predicted octanol–water partition coefficient (Wildman–Crippen LogP) is 8.46. The fourth-order valence-electron chi connectivity index (χ4n) is 2.86. The van der Waals surface area contributed by atoms with Gasteiger partial charge in [-0.2, -0.15) is 46.5 Å². The summed E-state index contributed by atoms with van der Waals surface area (Å²) in [5.74, 6) is 2.27. The molecule has 170 valence electrons. The van der Waals surface area contributed by atoms with Crippen molar-refractivity contribution in [3.63, 3.8) is 0 Å². The van der Waals surface area contributed by atoms with Crippen molar-refractivity contribution in [1.82, 2.24) is 0 Å². The van der Waals surface area contributed by atoms with Crippen molar-refractivity contribution in [2.24, 2.45) is 0 Å². The minimum atomic E-state index is -1.89. The summed E-state index contributed by atoms with van der Waals surface area (Å²) in [6.07, 6.45) is 0. The van der Waals surface area contributed by atoms with Gasteiger partial charge in [-0.3, -0.25) is 0 Å². The Kier molecular flexibility index (Phi) is 12.1. The summed E-state index contributed by atoms with van der Waals surface area (Å²) in [4.78, 5) is 0. The van der Waals surface area contributed by atoms with E-state index in [0.29, 0.717) is 10.8 Å². The van der Waals surface area contributed by atoms with Gasteiger partial charge in [0.15, 0.2) is 0 Å². The Labute approximate surface area is 206 Å². The SMILES string of the molecule is Cc1cc(C(C)(C)C)c[cH-]1.Cc1cc(C(C)(C)C)c[cH-]1.[CH3][Ge]([c]1ccccc1)=[Zr]([Cl])[Cl].